The molecule has 0 radical (unpaired) electrons. The molecule has 8 nitrogen and oxygen atoms in total. The zero-order valence-electron chi connectivity index (χ0n) is 21.2. The second-order valence-corrected chi connectivity index (χ2v) is 10.6. The number of benzene rings is 1. The standard InChI is InChI=1S/C27H38N6O2/c1-18(2)25(26-29-30-31-33(26)22-11-5-4-6-12-22)32(21-9-7-8-10-21)17-20-15-19-13-14-23(35-3)16-24(19)28-27(20)34/h13-16,18,21-22,25H,4-12,17H2,1-3H3,(H,28,34)/t25-/m1/s1. The number of hydrogen-bond acceptors (Lipinski definition) is 6. The molecule has 2 aliphatic carbocycles. The molecule has 0 spiro atoms. The summed E-state index contributed by atoms with van der Waals surface area (Å²) in [5.41, 5.74) is 1.55. The van der Waals surface area contributed by atoms with Crippen molar-refractivity contribution in [1.29, 1.82) is 0 Å². The Hall–Kier alpha value is -2.74. The van der Waals surface area contributed by atoms with Crippen molar-refractivity contribution in [2.45, 2.75) is 96.3 Å². The normalized spacial score (nSPS) is 18.7. The molecule has 3 aromatic rings. The number of pyridine rings is 1. The molecule has 2 heterocycles. The highest BCUT2D eigenvalue weighted by Gasteiger charge is 2.36. The minimum absolute atomic E-state index is 0.0388. The Bertz CT molecular complexity index is 1190. The molecule has 8 heteroatoms. The zero-order valence-corrected chi connectivity index (χ0v) is 21.2. The number of ether oxygens (including phenoxy) is 1. The first-order valence-electron chi connectivity index (χ1n) is 13.3. The minimum atomic E-state index is -0.0388. The van der Waals surface area contributed by atoms with Gasteiger partial charge in [0.25, 0.3) is 5.56 Å². The number of nitrogens with one attached hydrogen (secondary N) is 1. The number of H-pyrrole nitrogens is 1. The average Bonchev–Trinajstić information content (AvgIpc) is 3.57. The van der Waals surface area contributed by atoms with Crippen LogP contribution in [0, 0.1) is 5.92 Å². The molecule has 0 saturated heterocycles. The minimum Gasteiger partial charge on any atom is -0.497 e. The van der Waals surface area contributed by atoms with Crippen LogP contribution in [0.4, 0.5) is 0 Å². The summed E-state index contributed by atoms with van der Waals surface area (Å²) < 4.78 is 7.45. The first kappa shape index (κ1) is 24.0. The fraction of sp³-hybridized carbons (Fsp3) is 0.630. The predicted molar refractivity (Wildman–Crippen MR) is 136 cm³/mol. The monoisotopic (exact) mass is 478 g/mol. The van der Waals surface area contributed by atoms with Crippen LogP contribution in [-0.4, -0.2) is 43.2 Å². The number of hydrogen-bond donors (Lipinski definition) is 1. The molecule has 0 unspecified atom stereocenters. The largest absolute Gasteiger partial charge is 0.497 e. The summed E-state index contributed by atoms with van der Waals surface area (Å²) in [4.78, 5) is 18.8. The third-order valence-electron chi connectivity index (χ3n) is 7.97. The Labute approximate surface area is 207 Å². The molecule has 188 valence electrons. The van der Waals surface area contributed by atoms with Crippen molar-refractivity contribution in [2.75, 3.05) is 7.11 Å². The number of aromatic amines is 1. The number of methoxy groups -OCH3 is 1. The van der Waals surface area contributed by atoms with E-state index in [-0.39, 0.29) is 11.6 Å². The lowest BCUT2D eigenvalue weighted by Crippen LogP contribution is -2.41. The van der Waals surface area contributed by atoms with Gasteiger partial charge in [-0.15, -0.1) is 5.10 Å². The van der Waals surface area contributed by atoms with Crippen molar-refractivity contribution in [1.82, 2.24) is 30.1 Å². The van der Waals surface area contributed by atoms with Crippen molar-refractivity contribution in [3.8, 4) is 5.75 Å². The summed E-state index contributed by atoms with van der Waals surface area (Å²) in [6.07, 6.45) is 10.8. The molecule has 2 saturated carbocycles. The summed E-state index contributed by atoms with van der Waals surface area (Å²) in [6, 6.07) is 8.72. The third-order valence-corrected chi connectivity index (χ3v) is 7.97. The van der Waals surface area contributed by atoms with Crippen LogP contribution in [0.5, 0.6) is 5.75 Å². The molecule has 1 aromatic carbocycles. The number of nitrogens with zero attached hydrogens (tertiary/aromatic N) is 5. The number of rotatable bonds is 8. The van der Waals surface area contributed by atoms with Gasteiger partial charge in [0.2, 0.25) is 0 Å². The molecule has 2 fully saturated rings. The molecule has 2 aliphatic rings. The van der Waals surface area contributed by atoms with Crippen molar-refractivity contribution in [2.24, 2.45) is 5.92 Å². The Balaban J connectivity index is 1.52. The fourth-order valence-electron chi connectivity index (χ4n) is 6.17. The van der Waals surface area contributed by atoms with E-state index in [9.17, 15) is 4.79 Å². The van der Waals surface area contributed by atoms with Crippen LogP contribution in [-0.2, 0) is 6.54 Å². The first-order valence-corrected chi connectivity index (χ1v) is 13.3. The first-order chi connectivity index (χ1) is 17.0. The van der Waals surface area contributed by atoms with Crippen LogP contribution in [0.15, 0.2) is 29.1 Å². The topological polar surface area (TPSA) is 88.9 Å². The molecule has 0 bridgehead atoms. The average molecular weight is 479 g/mol. The Morgan fingerprint density at radius 2 is 1.83 bits per heavy atom. The van der Waals surface area contributed by atoms with Gasteiger partial charge in [0.05, 0.1) is 24.7 Å². The zero-order chi connectivity index (χ0) is 24.4. The SMILES string of the molecule is COc1ccc2cc(CN(C3CCCC3)[C@@H](c3nnnn3C3CCCCC3)C(C)C)c(=O)[nH]c2c1. The van der Waals surface area contributed by atoms with Gasteiger partial charge in [0.1, 0.15) is 5.75 Å². The smallest absolute Gasteiger partial charge is 0.252 e. The number of tetrazole rings is 1. The van der Waals surface area contributed by atoms with E-state index in [1.165, 1.54) is 32.1 Å². The molecule has 0 aliphatic heterocycles. The summed E-state index contributed by atoms with van der Waals surface area (Å²) in [5.74, 6) is 2.01. The second-order valence-electron chi connectivity index (χ2n) is 10.6. The summed E-state index contributed by atoms with van der Waals surface area (Å²) >= 11 is 0. The van der Waals surface area contributed by atoms with Crippen molar-refractivity contribution in [3.05, 3.63) is 46.0 Å². The highest BCUT2D eigenvalue weighted by Crippen LogP contribution is 2.38. The number of fused-ring (bicyclic) bond motifs is 1. The Morgan fingerprint density at radius 3 is 2.54 bits per heavy atom. The third kappa shape index (κ3) is 4.99. The van der Waals surface area contributed by atoms with Gasteiger partial charge in [-0.25, -0.2) is 4.68 Å². The van der Waals surface area contributed by atoms with Gasteiger partial charge < -0.3 is 9.72 Å². The van der Waals surface area contributed by atoms with E-state index >= 15 is 0 Å². The van der Waals surface area contributed by atoms with Crippen LogP contribution in [0.1, 0.15) is 95.1 Å². The Morgan fingerprint density at radius 1 is 1.09 bits per heavy atom. The van der Waals surface area contributed by atoms with E-state index in [0.717, 1.165) is 53.7 Å². The van der Waals surface area contributed by atoms with Gasteiger partial charge in [-0.2, -0.15) is 0 Å². The van der Waals surface area contributed by atoms with E-state index < -0.39 is 0 Å². The van der Waals surface area contributed by atoms with Crippen molar-refractivity contribution in [3.63, 3.8) is 0 Å². The molecule has 5 rings (SSSR count). The molecular formula is C27H38N6O2. The molecule has 1 N–H and O–H groups in total. The predicted octanol–water partition coefficient (Wildman–Crippen LogP) is 5.17. The van der Waals surface area contributed by atoms with Crippen molar-refractivity contribution < 1.29 is 4.74 Å². The molecular weight excluding hydrogens is 440 g/mol. The van der Waals surface area contributed by atoms with E-state index in [1.807, 2.05) is 24.3 Å². The molecule has 0 amide bonds. The second kappa shape index (κ2) is 10.5. The lowest BCUT2D eigenvalue weighted by Gasteiger charge is -2.38. The highest BCUT2D eigenvalue weighted by molar-refractivity contribution is 5.80. The van der Waals surface area contributed by atoms with E-state index in [1.54, 1.807) is 7.11 Å². The van der Waals surface area contributed by atoms with Gasteiger partial charge >= 0.3 is 0 Å². The Kier molecular flexibility index (Phi) is 7.18. The van der Waals surface area contributed by atoms with Gasteiger partial charge in [0.15, 0.2) is 5.82 Å². The summed E-state index contributed by atoms with van der Waals surface area (Å²) in [6.45, 7) is 5.09. The van der Waals surface area contributed by atoms with Gasteiger partial charge in [-0.3, -0.25) is 9.69 Å². The molecule has 2 aromatic heterocycles. The van der Waals surface area contributed by atoms with Gasteiger partial charge in [0, 0.05) is 24.2 Å². The van der Waals surface area contributed by atoms with E-state index in [2.05, 4.69) is 43.9 Å². The molecule has 1 atom stereocenters. The maximum atomic E-state index is 13.2. The maximum Gasteiger partial charge on any atom is 0.252 e. The van der Waals surface area contributed by atoms with Crippen LogP contribution in [0.25, 0.3) is 10.9 Å². The van der Waals surface area contributed by atoms with Crippen molar-refractivity contribution >= 4 is 10.9 Å². The van der Waals surface area contributed by atoms with Crippen LogP contribution < -0.4 is 10.3 Å². The highest BCUT2D eigenvalue weighted by atomic mass is 16.5. The fourth-order valence-corrected chi connectivity index (χ4v) is 6.17. The van der Waals surface area contributed by atoms with Crippen LogP contribution in [0.2, 0.25) is 0 Å². The van der Waals surface area contributed by atoms with E-state index in [4.69, 9.17) is 4.74 Å². The van der Waals surface area contributed by atoms with Crippen LogP contribution >= 0.6 is 0 Å². The van der Waals surface area contributed by atoms with Crippen LogP contribution in [0.3, 0.4) is 0 Å². The van der Waals surface area contributed by atoms with Gasteiger partial charge in [-0.1, -0.05) is 46.0 Å². The lowest BCUT2D eigenvalue weighted by molar-refractivity contribution is 0.0815. The quantitative estimate of drug-likeness (QED) is 0.480. The molecule has 35 heavy (non-hydrogen) atoms. The maximum absolute atomic E-state index is 13.2. The van der Waals surface area contributed by atoms with Gasteiger partial charge in [-0.05, 0) is 65.6 Å². The summed E-state index contributed by atoms with van der Waals surface area (Å²) in [5, 5.41) is 14.2. The lowest BCUT2D eigenvalue weighted by atomic mass is 9.94. The summed E-state index contributed by atoms with van der Waals surface area (Å²) in [7, 11) is 1.64. The number of aromatic nitrogens is 5. The van der Waals surface area contributed by atoms with E-state index in [0.29, 0.717) is 24.5 Å².